The maximum atomic E-state index is 9.23. The number of thiol groups is 1. The van der Waals surface area contributed by atoms with Gasteiger partial charge in [0.1, 0.15) is 0 Å². The Hall–Kier alpha value is 0.270. The first kappa shape index (κ1) is 9.36. The van der Waals surface area contributed by atoms with Gasteiger partial charge in [-0.2, -0.15) is 12.6 Å². The molecule has 1 aliphatic rings. The molecule has 66 valence electrons. The van der Waals surface area contributed by atoms with Gasteiger partial charge < -0.3 is 5.11 Å². The van der Waals surface area contributed by atoms with E-state index in [0.29, 0.717) is 0 Å². The zero-order valence-electron chi connectivity index (χ0n) is 7.25. The Morgan fingerprint density at radius 2 is 2.27 bits per heavy atom. The van der Waals surface area contributed by atoms with Crippen LogP contribution in [-0.2, 0) is 0 Å². The fourth-order valence-electron chi connectivity index (χ4n) is 1.50. The second-order valence-corrected chi connectivity index (χ2v) is 5.20. The van der Waals surface area contributed by atoms with Crippen LogP contribution in [0, 0.1) is 0 Å². The normalized spacial score (nSPS) is 27.8. The summed E-state index contributed by atoms with van der Waals surface area (Å²) in [6, 6.07) is 0. The standard InChI is InChI=1S/C8H17NOS/c1-8(2,11)6-9-4-3-7(10)5-9/h7,10-11H,3-6H2,1-2H3/t7-/m0/s1. The van der Waals surface area contributed by atoms with Gasteiger partial charge in [-0.15, -0.1) is 0 Å². The molecule has 1 aliphatic heterocycles. The highest BCUT2D eigenvalue weighted by molar-refractivity contribution is 7.81. The smallest absolute Gasteiger partial charge is 0.0679 e. The maximum absolute atomic E-state index is 9.23. The first-order valence-electron chi connectivity index (χ1n) is 4.10. The molecule has 0 spiro atoms. The highest BCUT2D eigenvalue weighted by Gasteiger charge is 2.24. The summed E-state index contributed by atoms with van der Waals surface area (Å²) in [7, 11) is 0. The molecule has 0 aromatic carbocycles. The Morgan fingerprint density at radius 1 is 1.64 bits per heavy atom. The summed E-state index contributed by atoms with van der Waals surface area (Å²) >= 11 is 4.44. The van der Waals surface area contributed by atoms with Crippen LogP contribution in [0.1, 0.15) is 20.3 Å². The van der Waals surface area contributed by atoms with Gasteiger partial charge >= 0.3 is 0 Å². The Labute approximate surface area is 74.0 Å². The van der Waals surface area contributed by atoms with Crippen LogP contribution in [0.15, 0.2) is 0 Å². The van der Waals surface area contributed by atoms with Crippen molar-refractivity contribution in [2.75, 3.05) is 19.6 Å². The molecule has 1 N–H and O–H groups in total. The molecule has 0 saturated carbocycles. The maximum Gasteiger partial charge on any atom is 0.0679 e. The van der Waals surface area contributed by atoms with E-state index in [1.807, 2.05) is 0 Å². The number of likely N-dealkylation sites (tertiary alicyclic amines) is 1. The van der Waals surface area contributed by atoms with Gasteiger partial charge in [0, 0.05) is 24.4 Å². The monoisotopic (exact) mass is 175 g/mol. The summed E-state index contributed by atoms with van der Waals surface area (Å²) in [4.78, 5) is 2.26. The molecule has 1 heterocycles. The number of nitrogens with zero attached hydrogens (tertiary/aromatic N) is 1. The highest BCUT2D eigenvalue weighted by atomic mass is 32.1. The molecule has 1 saturated heterocycles. The van der Waals surface area contributed by atoms with Crippen LogP contribution in [0.5, 0.6) is 0 Å². The average Bonchev–Trinajstić information content (AvgIpc) is 2.10. The molecule has 0 unspecified atom stereocenters. The summed E-state index contributed by atoms with van der Waals surface area (Å²) in [5, 5.41) is 9.23. The van der Waals surface area contributed by atoms with Gasteiger partial charge in [-0.3, -0.25) is 4.90 Å². The van der Waals surface area contributed by atoms with E-state index in [-0.39, 0.29) is 10.9 Å². The zero-order valence-corrected chi connectivity index (χ0v) is 8.14. The summed E-state index contributed by atoms with van der Waals surface area (Å²) < 4.78 is 0.0596. The van der Waals surface area contributed by atoms with E-state index in [2.05, 4.69) is 31.4 Å². The topological polar surface area (TPSA) is 23.5 Å². The summed E-state index contributed by atoms with van der Waals surface area (Å²) in [5.41, 5.74) is 0. The third-order valence-electron chi connectivity index (χ3n) is 1.86. The summed E-state index contributed by atoms with van der Waals surface area (Å²) in [6.45, 7) is 7.00. The average molecular weight is 175 g/mol. The third-order valence-corrected chi connectivity index (χ3v) is 2.00. The molecule has 2 nitrogen and oxygen atoms in total. The molecule has 1 rings (SSSR count). The lowest BCUT2D eigenvalue weighted by atomic mass is 10.2. The van der Waals surface area contributed by atoms with Gasteiger partial charge in [0.25, 0.3) is 0 Å². The zero-order chi connectivity index (χ0) is 8.48. The largest absolute Gasteiger partial charge is 0.392 e. The van der Waals surface area contributed by atoms with E-state index in [1.165, 1.54) is 0 Å². The second kappa shape index (κ2) is 3.33. The number of rotatable bonds is 2. The van der Waals surface area contributed by atoms with Crippen molar-refractivity contribution in [3.8, 4) is 0 Å². The van der Waals surface area contributed by atoms with Crippen molar-refractivity contribution < 1.29 is 5.11 Å². The second-order valence-electron chi connectivity index (χ2n) is 3.99. The molecule has 0 bridgehead atoms. The number of hydrogen-bond acceptors (Lipinski definition) is 3. The van der Waals surface area contributed by atoms with Crippen molar-refractivity contribution in [1.29, 1.82) is 0 Å². The van der Waals surface area contributed by atoms with Gasteiger partial charge in [0.15, 0.2) is 0 Å². The highest BCUT2D eigenvalue weighted by Crippen LogP contribution is 2.17. The lowest BCUT2D eigenvalue weighted by Gasteiger charge is -2.24. The molecule has 1 fully saturated rings. The fourth-order valence-corrected chi connectivity index (χ4v) is 1.70. The van der Waals surface area contributed by atoms with E-state index in [4.69, 9.17) is 0 Å². The van der Waals surface area contributed by atoms with E-state index < -0.39 is 0 Å². The van der Waals surface area contributed by atoms with E-state index >= 15 is 0 Å². The van der Waals surface area contributed by atoms with Crippen LogP contribution >= 0.6 is 12.6 Å². The van der Waals surface area contributed by atoms with Gasteiger partial charge in [-0.05, 0) is 20.3 Å². The quantitative estimate of drug-likeness (QED) is 0.605. The molecule has 0 aromatic heterocycles. The minimum Gasteiger partial charge on any atom is -0.392 e. The lowest BCUT2D eigenvalue weighted by molar-refractivity contribution is 0.174. The first-order valence-corrected chi connectivity index (χ1v) is 4.55. The Bertz CT molecular complexity index is 133. The van der Waals surface area contributed by atoms with Crippen molar-refractivity contribution in [1.82, 2.24) is 4.90 Å². The van der Waals surface area contributed by atoms with Crippen LogP contribution in [0.3, 0.4) is 0 Å². The van der Waals surface area contributed by atoms with Crippen molar-refractivity contribution in [3.63, 3.8) is 0 Å². The van der Waals surface area contributed by atoms with E-state index in [0.717, 1.165) is 26.1 Å². The molecule has 1 atom stereocenters. The number of hydrogen-bond donors (Lipinski definition) is 2. The minimum atomic E-state index is -0.106. The molecular formula is C8H17NOS. The van der Waals surface area contributed by atoms with Crippen LogP contribution in [0.2, 0.25) is 0 Å². The minimum absolute atomic E-state index is 0.0596. The molecular weight excluding hydrogens is 158 g/mol. The summed E-state index contributed by atoms with van der Waals surface area (Å²) in [6.07, 6.45) is 0.815. The van der Waals surface area contributed by atoms with Crippen molar-refractivity contribution >= 4 is 12.6 Å². The Balaban J connectivity index is 2.29. The van der Waals surface area contributed by atoms with E-state index in [9.17, 15) is 5.11 Å². The van der Waals surface area contributed by atoms with Gasteiger partial charge in [0.05, 0.1) is 6.10 Å². The van der Waals surface area contributed by atoms with Gasteiger partial charge in [-0.1, -0.05) is 0 Å². The van der Waals surface area contributed by atoms with Crippen molar-refractivity contribution in [3.05, 3.63) is 0 Å². The van der Waals surface area contributed by atoms with E-state index in [1.54, 1.807) is 0 Å². The third kappa shape index (κ3) is 3.45. The number of aliphatic hydroxyl groups is 1. The van der Waals surface area contributed by atoms with Gasteiger partial charge in [0.2, 0.25) is 0 Å². The SMILES string of the molecule is CC(C)(S)CN1CC[C@H](O)C1. The predicted octanol–water partition coefficient (Wildman–Crippen LogP) is 0.761. The fraction of sp³-hybridized carbons (Fsp3) is 1.00. The number of aliphatic hydroxyl groups excluding tert-OH is 1. The van der Waals surface area contributed by atoms with Gasteiger partial charge in [-0.25, -0.2) is 0 Å². The Morgan fingerprint density at radius 3 is 2.64 bits per heavy atom. The number of β-amino-alcohol motifs (C(OH)–C–C–N with tert-alkyl or cyclic N) is 1. The Kier molecular flexibility index (Phi) is 2.84. The molecule has 0 aliphatic carbocycles. The van der Waals surface area contributed by atoms with Crippen molar-refractivity contribution in [2.24, 2.45) is 0 Å². The lowest BCUT2D eigenvalue weighted by Crippen LogP contribution is -2.34. The van der Waals surface area contributed by atoms with Crippen LogP contribution in [0.25, 0.3) is 0 Å². The molecule has 3 heteroatoms. The van der Waals surface area contributed by atoms with Crippen LogP contribution in [0.4, 0.5) is 0 Å². The summed E-state index contributed by atoms with van der Waals surface area (Å²) in [5.74, 6) is 0. The van der Waals surface area contributed by atoms with Crippen LogP contribution < -0.4 is 0 Å². The molecule has 0 radical (unpaired) electrons. The first-order chi connectivity index (χ1) is 4.97. The molecule has 0 amide bonds. The predicted molar refractivity (Wildman–Crippen MR) is 50.1 cm³/mol. The van der Waals surface area contributed by atoms with Crippen LogP contribution in [-0.4, -0.2) is 40.5 Å². The molecule has 0 aromatic rings. The molecule has 11 heavy (non-hydrogen) atoms. The van der Waals surface area contributed by atoms with Crippen molar-refractivity contribution in [2.45, 2.75) is 31.1 Å².